The minimum atomic E-state index is -3.26. The second-order valence-electron chi connectivity index (χ2n) is 2.38. The summed E-state index contributed by atoms with van der Waals surface area (Å²) in [6, 6.07) is 0.406. The van der Waals surface area contributed by atoms with Gasteiger partial charge in [0.15, 0.2) is 5.82 Å². The zero-order chi connectivity index (χ0) is 10.9. The van der Waals surface area contributed by atoms with Crippen LogP contribution in [-0.2, 0) is 0 Å². The fraction of sp³-hybridized carbons (Fsp3) is 0.143. The number of carboxylic acids is 1. The van der Waals surface area contributed by atoms with Gasteiger partial charge in [-0.05, 0) is 0 Å². The monoisotopic (exact) mass is 207 g/mol. The molecule has 0 aliphatic heterocycles. The van der Waals surface area contributed by atoms with E-state index in [0.29, 0.717) is 6.07 Å². The highest BCUT2D eigenvalue weighted by atomic mass is 19.3. The van der Waals surface area contributed by atoms with E-state index in [2.05, 4.69) is 0 Å². The number of aromatic amines is 1. The van der Waals surface area contributed by atoms with E-state index < -0.39 is 35.0 Å². The first-order valence-electron chi connectivity index (χ1n) is 3.37. The molecule has 0 saturated heterocycles. The third kappa shape index (κ3) is 1.76. The van der Waals surface area contributed by atoms with Crippen LogP contribution in [0.25, 0.3) is 0 Å². The van der Waals surface area contributed by atoms with Crippen molar-refractivity contribution in [3.8, 4) is 0 Å². The smallest absolute Gasteiger partial charge is 0.338 e. The largest absolute Gasteiger partial charge is 0.478 e. The summed E-state index contributed by atoms with van der Waals surface area (Å²) in [6.45, 7) is 0. The van der Waals surface area contributed by atoms with Crippen LogP contribution in [0.3, 0.4) is 0 Å². The quantitative estimate of drug-likeness (QED) is 0.764. The van der Waals surface area contributed by atoms with Gasteiger partial charge < -0.3 is 10.1 Å². The van der Waals surface area contributed by atoms with E-state index >= 15 is 0 Å². The fourth-order valence-corrected chi connectivity index (χ4v) is 0.869. The number of alkyl halides is 2. The highest BCUT2D eigenvalue weighted by Gasteiger charge is 2.21. The molecule has 1 rings (SSSR count). The zero-order valence-electron chi connectivity index (χ0n) is 6.55. The first kappa shape index (κ1) is 10.3. The maximum absolute atomic E-state index is 12.9. The Morgan fingerprint density at radius 1 is 1.50 bits per heavy atom. The number of carboxylic acid groups (broad SMARTS) is 1. The van der Waals surface area contributed by atoms with Gasteiger partial charge in [0.25, 0.3) is 6.43 Å². The molecule has 0 spiro atoms. The molecule has 0 fully saturated rings. The summed E-state index contributed by atoms with van der Waals surface area (Å²) >= 11 is 0. The molecule has 1 aromatic heterocycles. The van der Waals surface area contributed by atoms with E-state index in [1.54, 1.807) is 0 Å². The molecular weight excluding hydrogens is 203 g/mol. The van der Waals surface area contributed by atoms with Gasteiger partial charge in [-0.3, -0.25) is 4.79 Å². The van der Waals surface area contributed by atoms with Gasteiger partial charge >= 0.3 is 5.97 Å². The van der Waals surface area contributed by atoms with Gasteiger partial charge in [0.05, 0.1) is 0 Å². The number of hydrogen-bond donors (Lipinski definition) is 2. The van der Waals surface area contributed by atoms with Crippen molar-refractivity contribution in [2.45, 2.75) is 6.43 Å². The van der Waals surface area contributed by atoms with E-state index in [1.165, 1.54) is 4.98 Å². The minimum Gasteiger partial charge on any atom is -0.478 e. The SMILES string of the molecule is O=C(O)c1cc(=O)[nH]c(C(F)F)c1F. The van der Waals surface area contributed by atoms with Crippen LogP contribution in [0.2, 0.25) is 0 Å². The van der Waals surface area contributed by atoms with Gasteiger partial charge in [0.2, 0.25) is 5.56 Å². The predicted octanol–water partition coefficient (Wildman–Crippen LogP) is 1.15. The topological polar surface area (TPSA) is 70.2 Å². The van der Waals surface area contributed by atoms with Crippen LogP contribution in [0.4, 0.5) is 13.2 Å². The highest BCUT2D eigenvalue weighted by molar-refractivity contribution is 5.87. The summed E-state index contributed by atoms with van der Waals surface area (Å²) in [5, 5.41) is 8.36. The van der Waals surface area contributed by atoms with E-state index in [9.17, 15) is 22.8 Å². The second-order valence-corrected chi connectivity index (χ2v) is 2.38. The van der Waals surface area contributed by atoms with Crippen LogP contribution in [0.1, 0.15) is 22.5 Å². The standard InChI is InChI=1S/C7H4F3NO3/c8-4-2(7(13)14)1-3(12)11-5(4)6(9)10/h1,6H,(H,11,12)(H,13,14). The molecule has 0 amide bonds. The summed E-state index contributed by atoms with van der Waals surface area (Å²) in [5.41, 5.74) is -3.46. The lowest BCUT2D eigenvalue weighted by Crippen LogP contribution is -2.16. The number of aromatic nitrogens is 1. The number of nitrogens with one attached hydrogen (secondary N) is 1. The van der Waals surface area contributed by atoms with Crippen LogP contribution >= 0.6 is 0 Å². The van der Waals surface area contributed by atoms with Gasteiger partial charge in [0.1, 0.15) is 11.3 Å². The lowest BCUT2D eigenvalue weighted by Gasteiger charge is -2.03. The molecule has 0 saturated carbocycles. The molecule has 1 heterocycles. The molecule has 0 bridgehead atoms. The average molecular weight is 207 g/mol. The lowest BCUT2D eigenvalue weighted by molar-refractivity contribution is 0.0689. The third-order valence-electron chi connectivity index (χ3n) is 1.45. The Morgan fingerprint density at radius 3 is 2.50 bits per heavy atom. The Labute approximate surface area is 75.0 Å². The van der Waals surface area contributed by atoms with Crippen LogP contribution in [-0.4, -0.2) is 16.1 Å². The Morgan fingerprint density at radius 2 is 2.07 bits per heavy atom. The van der Waals surface area contributed by atoms with Gasteiger partial charge in [-0.1, -0.05) is 0 Å². The second kappa shape index (κ2) is 3.52. The van der Waals surface area contributed by atoms with E-state index in [4.69, 9.17) is 5.11 Å². The summed E-state index contributed by atoms with van der Waals surface area (Å²) < 4.78 is 37.0. The molecule has 0 atom stereocenters. The Balaban J connectivity index is 3.48. The van der Waals surface area contributed by atoms with Crippen molar-refractivity contribution in [1.29, 1.82) is 0 Å². The fourth-order valence-electron chi connectivity index (χ4n) is 0.869. The minimum absolute atomic E-state index is 0.406. The number of H-pyrrole nitrogens is 1. The van der Waals surface area contributed by atoms with Crippen molar-refractivity contribution in [2.24, 2.45) is 0 Å². The molecular formula is C7H4F3NO3. The van der Waals surface area contributed by atoms with Gasteiger partial charge in [-0.2, -0.15) is 0 Å². The van der Waals surface area contributed by atoms with Crippen molar-refractivity contribution in [3.05, 3.63) is 33.5 Å². The number of hydrogen-bond acceptors (Lipinski definition) is 2. The number of rotatable bonds is 2. The number of carbonyl (C=O) groups is 1. The van der Waals surface area contributed by atoms with Gasteiger partial charge in [-0.25, -0.2) is 18.0 Å². The van der Waals surface area contributed by atoms with E-state index in [0.717, 1.165) is 0 Å². The van der Waals surface area contributed by atoms with Crippen LogP contribution < -0.4 is 5.56 Å². The van der Waals surface area contributed by atoms with E-state index in [1.807, 2.05) is 0 Å². The molecule has 4 nitrogen and oxygen atoms in total. The van der Waals surface area contributed by atoms with Crippen molar-refractivity contribution in [3.63, 3.8) is 0 Å². The molecule has 0 unspecified atom stereocenters. The molecule has 76 valence electrons. The average Bonchev–Trinajstić information content (AvgIpc) is 2.07. The maximum atomic E-state index is 12.9. The molecule has 7 heteroatoms. The van der Waals surface area contributed by atoms with Crippen molar-refractivity contribution < 1.29 is 23.1 Å². The summed E-state index contributed by atoms with van der Waals surface area (Å²) in [4.78, 5) is 22.5. The first-order chi connectivity index (χ1) is 6.43. The molecule has 14 heavy (non-hydrogen) atoms. The number of pyridine rings is 1. The molecule has 0 aliphatic carbocycles. The summed E-state index contributed by atoms with van der Waals surface area (Å²) in [5.74, 6) is -3.39. The summed E-state index contributed by atoms with van der Waals surface area (Å²) in [6.07, 6.45) is -3.26. The Kier molecular flexibility index (Phi) is 2.59. The van der Waals surface area contributed by atoms with Gasteiger partial charge in [-0.15, -0.1) is 0 Å². The normalized spacial score (nSPS) is 10.6. The van der Waals surface area contributed by atoms with Crippen molar-refractivity contribution in [1.82, 2.24) is 4.98 Å². The molecule has 2 N–H and O–H groups in total. The van der Waals surface area contributed by atoms with Gasteiger partial charge in [0, 0.05) is 6.07 Å². The van der Waals surface area contributed by atoms with Crippen LogP contribution in [0.5, 0.6) is 0 Å². The highest BCUT2D eigenvalue weighted by Crippen LogP contribution is 2.20. The molecule has 0 aromatic carbocycles. The lowest BCUT2D eigenvalue weighted by atomic mass is 10.2. The zero-order valence-corrected chi connectivity index (χ0v) is 6.55. The van der Waals surface area contributed by atoms with Crippen LogP contribution in [0, 0.1) is 5.82 Å². The maximum Gasteiger partial charge on any atom is 0.338 e. The van der Waals surface area contributed by atoms with E-state index in [-0.39, 0.29) is 0 Å². The Hall–Kier alpha value is -1.79. The first-order valence-corrected chi connectivity index (χ1v) is 3.37. The molecule has 0 aliphatic rings. The Bertz CT molecular complexity index is 427. The molecule has 0 radical (unpaired) electrons. The number of aromatic carboxylic acids is 1. The summed E-state index contributed by atoms with van der Waals surface area (Å²) in [7, 11) is 0. The van der Waals surface area contributed by atoms with Crippen molar-refractivity contribution in [2.75, 3.05) is 0 Å². The van der Waals surface area contributed by atoms with Crippen molar-refractivity contribution >= 4 is 5.97 Å². The van der Waals surface area contributed by atoms with Crippen LogP contribution in [0.15, 0.2) is 10.9 Å². The number of halogens is 3. The molecule has 1 aromatic rings. The third-order valence-corrected chi connectivity index (χ3v) is 1.45. The predicted molar refractivity (Wildman–Crippen MR) is 38.9 cm³/mol.